The van der Waals surface area contributed by atoms with Crippen molar-refractivity contribution in [2.24, 2.45) is 0 Å². The van der Waals surface area contributed by atoms with Crippen molar-refractivity contribution in [3.63, 3.8) is 0 Å². The molecule has 142 valence electrons. The van der Waals surface area contributed by atoms with Crippen molar-refractivity contribution in [3.05, 3.63) is 52.7 Å². The van der Waals surface area contributed by atoms with Gasteiger partial charge in [0, 0.05) is 36.8 Å². The lowest BCUT2D eigenvalue weighted by atomic mass is 10.2. The molecule has 0 saturated carbocycles. The van der Waals surface area contributed by atoms with Gasteiger partial charge in [-0.15, -0.1) is 21.5 Å². The second-order valence-corrected chi connectivity index (χ2v) is 9.67. The van der Waals surface area contributed by atoms with Crippen LogP contribution in [-0.4, -0.2) is 54.0 Å². The fraction of sp³-hybridized carbons (Fsp3) is 0.294. The van der Waals surface area contributed by atoms with Crippen molar-refractivity contribution in [1.29, 1.82) is 0 Å². The Kier molecular flexibility index (Phi) is 5.29. The Morgan fingerprint density at radius 1 is 1.07 bits per heavy atom. The molecular weight excluding hydrogens is 408 g/mol. The molecule has 0 amide bonds. The maximum Gasteiger partial charge on any atom is 0.252 e. The first kappa shape index (κ1) is 18.6. The van der Waals surface area contributed by atoms with Crippen molar-refractivity contribution in [3.8, 4) is 11.5 Å². The number of halogens is 1. The summed E-state index contributed by atoms with van der Waals surface area (Å²) in [6, 6.07) is 10.6. The van der Waals surface area contributed by atoms with E-state index in [4.69, 9.17) is 16.0 Å². The lowest BCUT2D eigenvalue weighted by Crippen LogP contribution is -2.48. The number of hydrogen-bond acceptors (Lipinski definition) is 7. The summed E-state index contributed by atoms with van der Waals surface area (Å²) < 4.78 is 32.8. The van der Waals surface area contributed by atoms with Gasteiger partial charge in [-0.05, 0) is 35.7 Å². The molecule has 4 rings (SSSR count). The molecule has 1 aliphatic rings. The zero-order chi connectivity index (χ0) is 18.9. The summed E-state index contributed by atoms with van der Waals surface area (Å²) in [6.45, 7) is 2.61. The third-order valence-corrected chi connectivity index (χ3v) is 7.86. The predicted octanol–water partition coefficient (Wildman–Crippen LogP) is 2.96. The monoisotopic (exact) mass is 424 g/mol. The second kappa shape index (κ2) is 7.69. The molecule has 1 fully saturated rings. The van der Waals surface area contributed by atoms with Gasteiger partial charge in [-0.25, -0.2) is 8.42 Å². The molecule has 27 heavy (non-hydrogen) atoms. The fourth-order valence-electron chi connectivity index (χ4n) is 2.88. The number of sulfonamides is 1. The van der Waals surface area contributed by atoms with Crippen LogP contribution in [0.4, 0.5) is 0 Å². The standard InChI is InChI=1S/C17H17ClN4O3S2/c18-14-5-3-13(4-6-14)17-20-19-15(25-17)12-21-7-9-22(10-8-21)27(23,24)16-2-1-11-26-16/h1-6,11H,7-10,12H2. The number of hydrogen-bond donors (Lipinski definition) is 0. The molecule has 0 atom stereocenters. The molecule has 0 N–H and O–H groups in total. The van der Waals surface area contributed by atoms with Crippen molar-refractivity contribution in [2.45, 2.75) is 10.8 Å². The molecule has 0 spiro atoms. The van der Waals surface area contributed by atoms with E-state index in [0.29, 0.717) is 53.7 Å². The van der Waals surface area contributed by atoms with E-state index in [2.05, 4.69) is 15.1 Å². The van der Waals surface area contributed by atoms with Crippen LogP contribution in [0.3, 0.4) is 0 Å². The maximum atomic E-state index is 12.6. The first-order valence-electron chi connectivity index (χ1n) is 8.37. The highest BCUT2D eigenvalue weighted by molar-refractivity contribution is 7.91. The molecule has 1 aliphatic heterocycles. The van der Waals surface area contributed by atoms with Gasteiger partial charge < -0.3 is 4.42 Å². The van der Waals surface area contributed by atoms with Crippen LogP contribution in [0.15, 0.2) is 50.4 Å². The topological polar surface area (TPSA) is 79.5 Å². The molecule has 0 aliphatic carbocycles. The number of aromatic nitrogens is 2. The zero-order valence-electron chi connectivity index (χ0n) is 14.3. The van der Waals surface area contributed by atoms with E-state index < -0.39 is 10.0 Å². The average molecular weight is 425 g/mol. The number of benzene rings is 1. The van der Waals surface area contributed by atoms with E-state index in [1.165, 1.54) is 15.6 Å². The average Bonchev–Trinajstić information content (AvgIpc) is 3.35. The molecule has 2 aromatic heterocycles. The zero-order valence-corrected chi connectivity index (χ0v) is 16.7. The van der Waals surface area contributed by atoms with Gasteiger partial charge in [0.05, 0.1) is 6.54 Å². The van der Waals surface area contributed by atoms with Crippen LogP contribution in [0.25, 0.3) is 11.5 Å². The third-order valence-electron chi connectivity index (χ3n) is 4.34. The minimum atomic E-state index is -3.39. The Hall–Kier alpha value is -1.78. The summed E-state index contributed by atoms with van der Waals surface area (Å²) in [5, 5.41) is 10.6. The minimum Gasteiger partial charge on any atom is -0.419 e. The summed E-state index contributed by atoms with van der Waals surface area (Å²) in [6.07, 6.45) is 0. The molecule has 3 aromatic rings. The van der Waals surface area contributed by atoms with Gasteiger partial charge in [0.15, 0.2) is 0 Å². The normalized spacial score (nSPS) is 16.6. The van der Waals surface area contributed by atoms with Crippen molar-refractivity contribution < 1.29 is 12.8 Å². The van der Waals surface area contributed by atoms with Crippen molar-refractivity contribution in [2.75, 3.05) is 26.2 Å². The third kappa shape index (κ3) is 4.07. The lowest BCUT2D eigenvalue weighted by molar-refractivity contribution is 0.169. The number of piperazine rings is 1. The molecule has 0 radical (unpaired) electrons. The Balaban J connectivity index is 1.37. The van der Waals surface area contributed by atoms with Gasteiger partial charge in [0.25, 0.3) is 10.0 Å². The smallest absolute Gasteiger partial charge is 0.252 e. The van der Waals surface area contributed by atoms with E-state index in [1.54, 1.807) is 29.6 Å². The number of rotatable bonds is 5. The summed E-state index contributed by atoms with van der Waals surface area (Å²) >= 11 is 7.13. The van der Waals surface area contributed by atoms with Crippen molar-refractivity contribution >= 4 is 33.0 Å². The Labute approximate surface area is 166 Å². The molecule has 0 bridgehead atoms. The second-order valence-electron chi connectivity index (χ2n) is 6.12. The summed E-state index contributed by atoms with van der Waals surface area (Å²) in [4.78, 5) is 2.11. The van der Waals surface area contributed by atoms with Gasteiger partial charge >= 0.3 is 0 Å². The first-order valence-corrected chi connectivity index (χ1v) is 11.1. The van der Waals surface area contributed by atoms with E-state index in [0.717, 1.165) is 5.56 Å². The van der Waals surface area contributed by atoms with E-state index in [9.17, 15) is 8.42 Å². The van der Waals surface area contributed by atoms with Gasteiger partial charge in [-0.2, -0.15) is 4.31 Å². The largest absolute Gasteiger partial charge is 0.419 e. The van der Waals surface area contributed by atoms with Crippen LogP contribution >= 0.6 is 22.9 Å². The molecule has 0 unspecified atom stereocenters. The highest BCUT2D eigenvalue weighted by atomic mass is 35.5. The van der Waals surface area contributed by atoms with E-state index >= 15 is 0 Å². The van der Waals surface area contributed by atoms with Crippen LogP contribution in [0.2, 0.25) is 5.02 Å². The maximum absolute atomic E-state index is 12.6. The summed E-state index contributed by atoms with van der Waals surface area (Å²) in [5.41, 5.74) is 0.810. The fourth-order valence-corrected chi connectivity index (χ4v) is 5.58. The molecule has 1 saturated heterocycles. The van der Waals surface area contributed by atoms with Crippen LogP contribution in [-0.2, 0) is 16.6 Å². The summed E-state index contributed by atoms with van der Waals surface area (Å²) in [5.74, 6) is 0.954. The highest BCUT2D eigenvalue weighted by Gasteiger charge is 2.29. The number of nitrogens with zero attached hydrogens (tertiary/aromatic N) is 4. The SMILES string of the molecule is O=S(=O)(c1cccs1)N1CCN(Cc2nnc(-c3ccc(Cl)cc3)o2)CC1. The Bertz CT molecular complexity index is 995. The molecule has 1 aromatic carbocycles. The van der Waals surface area contributed by atoms with Gasteiger partial charge in [-0.3, -0.25) is 4.90 Å². The van der Waals surface area contributed by atoms with Gasteiger partial charge in [0.1, 0.15) is 4.21 Å². The molecule has 7 nitrogen and oxygen atoms in total. The molecule has 10 heteroatoms. The van der Waals surface area contributed by atoms with Crippen molar-refractivity contribution in [1.82, 2.24) is 19.4 Å². The van der Waals surface area contributed by atoms with Gasteiger partial charge in [0.2, 0.25) is 11.8 Å². The van der Waals surface area contributed by atoms with Gasteiger partial charge in [-0.1, -0.05) is 17.7 Å². The van der Waals surface area contributed by atoms with E-state index in [-0.39, 0.29) is 0 Å². The lowest BCUT2D eigenvalue weighted by Gasteiger charge is -2.32. The van der Waals surface area contributed by atoms with Crippen LogP contribution in [0.5, 0.6) is 0 Å². The highest BCUT2D eigenvalue weighted by Crippen LogP contribution is 2.23. The van der Waals surface area contributed by atoms with Crippen LogP contribution in [0, 0.1) is 0 Å². The number of thiophene rings is 1. The van der Waals surface area contributed by atoms with Crippen LogP contribution in [0.1, 0.15) is 5.89 Å². The first-order chi connectivity index (χ1) is 13.0. The van der Waals surface area contributed by atoms with E-state index in [1.807, 2.05) is 12.1 Å². The molecular formula is C17H17ClN4O3S2. The Morgan fingerprint density at radius 2 is 1.81 bits per heavy atom. The quantitative estimate of drug-likeness (QED) is 0.626. The van der Waals surface area contributed by atoms with Crippen LogP contribution < -0.4 is 0 Å². The summed E-state index contributed by atoms with van der Waals surface area (Å²) in [7, 11) is -3.39. The predicted molar refractivity (Wildman–Crippen MR) is 103 cm³/mol. The Morgan fingerprint density at radius 3 is 2.48 bits per heavy atom. The minimum absolute atomic E-state index is 0.389. The molecule has 3 heterocycles.